The fourth-order valence-corrected chi connectivity index (χ4v) is 2.66. The minimum absolute atomic E-state index is 0.000486. The van der Waals surface area contributed by atoms with Crippen LogP contribution in [0.25, 0.3) is 0 Å². The molecule has 0 radical (unpaired) electrons. The minimum Gasteiger partial charge on any atom is -0.338 e. The Morgan fingerprint density at radius 3 is 2.74 bits per heavy atom. The Kier molecular flexibility index (Phi) is 4.14. The second-order valence-electron chi connectivity index (χ2n) is 5.98. The van der Waals surface area contributed by atoms with Crippen LogP contribution in [0.4, 0.5) is 5.88 Å². The van der Waals surface area contributed by atoms with Gasteiger partial charge in [0.05, 0.1) is 11.6 Å². The molecule has 1 aliphatic rings. The van der Waals surface area contributed by atoms with E-state index >= 15 is 0 Å². The van der Waals surface area contributed by atoms with Gasteiger partial charge in [-0.05, 0) is 19.4 Å². The monoisotopic (exact) mass is 313 g/mol. The second-order valence-corrected chi connectivity index (χ2v) is 5.98. The zero-order valence-corrected chi connectivity index (χ0v) is 13.2. The fraction of sp³-hybridized carbons (Fsp3) is 0.353. The number of amides is 2. The number of nitrogens with one attached hydrogen (secondary N) is 1. The largest absolute Gasteiger partial charge is 0.338 e. The standard InChI is InChI=1S/C17H19N3O3/c1-11-3-5-13(6-4-11)9-20-10-14(8-16(20)21)17(22)18-15-7-12(2)19-23-15/h3-7,14H,8-10H2,1-2H3,(H,18,22)/t14-/m0/s1. The van der Waals surface area contributed by atoms with Gasteiger partial charge in [-0.15, -0.1) is 0 Å². The van der Waals surface area contributed by atoms with E-state index < -0.39 is 0 Å². The highest BCUT2D eigenvalue weighted by Crippen LogP contribution is 2.22. The molecule has 2 aromatic rings. The lowest BCUT2D eigenvalue weighted by Gasteiger charge is -2.16. The summed E-state index contributed by atoms with van der Waals surface area (Å²) >= 11 is 0. The van der Waals surface area contributed by atoms with Gasteiger partial charge >= 0.3 is 0 Å². The number of benzene rings is 1. The van der Waals surface area contributed by atoms with Crippen LogP contribution in [0.3, 0.4) is 0 Å². The van der Waals surface area contributed by atoms with Crippen LogP contribution in [0.5, 0.6) is 0 Å². The molecular formula is C17H19N3O3. The normalized spacial score (nSPS) is 17.6. The number of hydrogen-bond donors (Lipinski definition) is 1. The molecule has 1 aliphatic heterocycles. The van der Waals surface area contributed by atoms with Crippen LogP contribution in [0.2, 0.25) is 0 Å². The van der Waals surface area contributed by atoms with E-state index in [1.54, 1.807) is 17.9 Å². The van der Waals surface area contributed by atoms with Gasteiger partial charge in [0.25, 0.3) is 0 Å². The summed E-state index contributed by atoms with van der Waals surface area (Å²) in [6, 6.07) is 9.71. The predicted molar refractivity (Wildman–Crippen MR) is 84.6 cm³/mol. The molecule has 0 saturated carbocycles. The zero-order chi connectivity index (χ0) is 16.4. The third-order valence-corrected chi connectivity index (χ3v) is 3.95. The Morgan fingerprint density at radius 2 is 2.09 bits per heavy atom. The van der Waals surface area contributed by atoms with Gasteiger partial charge < -0.3 is 9.42 Å². The minimum atomic E-state index is -0.363. The van der Waals surface area contributed by atoms with Crippen LogP contribution in [0.1, 0.15) is 23.2 Å². The van der Waals surface area contributed by atoms with Gasteiger partial charge in [0.1, 0.15) is 0 Å². The topological polar surface area (TPSA) is 75.4 Å². The molecule has 1 atom stereocenters. The molecule has 0 aliphatic carbocycles. The van der Waals surface area contributed by atoms with Crippen LogP contribution in [0.15, 0.2) is 34.9 Å². The smallest absolute Gasteiger partial charge is 0.232 e. The number of rotatable bonds is 4. The molecular weight excluding hydrogens is 294 g/mol. The molecule has 6 nitrogen and oxygen atoms in total. The molecule has 6 heteroatoms. The van der Waals surface area contributed by atoms with Crippen molar-refractivity contribution in [3.8, 4) is 0 Å². The summed E-state index contributed by atoms with van der Waals surface area (Å²) in [5, 5.41) is 6.39. The van der Waals surface area contributed by atoms with Crippen LogP contribution in [0, 0.1) is 19.8 Å². The average Bonchev–Trinajstić information content (AvgIpc) is 3.08. The molecule has 1 fully saturated rings. The molecule has 120 valence electrons. The quantitative estimate of drug-likeness (QED) is 0.939. The Morgan fingerprint density at radius 1 is 1.35 bits per heavy atom. The molecule has 0 bridgehead atoms. The number of anilines is 1. The van der Waals surface area contributed by atoms with E-state index in [2.05, 4.69) is 10.5 Å². The molecule has 1 aromatic heterocycles. The number of aromatic nitrogens is 1. The van der Waals surface area contributed by atoms with E-state index in [-0.39, 0.29) is 24.2 Å². The highest BCUT2D eigenvalue weighted by molar-refractivity contribution is 5.96. The van der Waals surface area contributed by atoms with Crippen molar-refractivity contribution in [1.82, 2.24) is 10.1 Å². The zero-order valence-electron chi connectivity index (χ0n) is 13.2. The Hall–Kier alpha value is -2.63. The van der Waals surface area contributed by atoms with E-state index in [1.807, 2.05) is 31.2 Å². The van der Waals surface area contributed by atoms with Gasteiger partial charge in [0.2, 0.25) is 17.7 Å². The van der Waals surface area contributed by atoms with Crippen LogP contribution >= 0.6 is 0 Å². The molecule has 1 aromatic carbocycles. The Bertz CT molecular complexity index is 721. The Labute approximate surface area is 134 Å². The lowest BCUT2D eigenvalue weighted by atomic mass is 10.1. The maximum Gasteiger partial charge on any atom is 0.232 e. The first-order valence-corrected chi connectivity index (χ1v) is 7.59. The molecule has 1 N–H and O–H groups in total. The van der Waals surface area contributed by atoms with Crippen molar-refractivity contribution in [2.45, 2.75) is 26.8 Å². The van der Waals surface area contributed by atoms with Gasteiger partial charge in [-0.1, -0.05) is 35.0 Å². The van der Waals surface area contributed by atoms with Crippen molar-refractivity contribution in [1.29, 1.82) is 0 Å². The van der Waals surface area contributed by atoms with Crippen molar-refractivity contribution >= 4 is 17.7 Å². The van der Waals surface area contributed by atoms with Crippen molar-refractivity contribution in [2.75, 3.05) is 11.9 Å². The van der Waals surface area contributed by atoms with Crippen LogP contribution in [-0.4, -0.2) is 28.4 Å². The summed E-state index contributed by atoms with van der Waals surface area (Å²) < 4.78 is 4.97. The molecule has 23 heavy (non-hydrogen) atoms. The summed E-state index contributed by atoms with van der Waals surface area (Å²) in [5.74, 6) is -0.254. The average molecular weight is 313 g/mol. The van der Waals surface area contributed by atoms with Crippen molar-refractivity contribution in [3.05, 3.63) is 47.2 Å². The number of nitrogens with zero attached hydrogens (tertiary/aromatic N) is 2. The van der Waals surface area contributed by atoms with Gasteiger partial charge in [0.15, 0.2) is 0 Å². The lowest BCUT2D eigenvalue weighted by molar-refractivity contribution is -0.128. The van der Waals surface area contributed by atoms with Gasteiger partial charge in [-0.2, -0.15) is 0 Å². The number of carbonyl (C=O) groups is 2. The number of carbonyl (C=O) groups excluding carboxylic acids is 2. The number of likely N-dealkylation sites (tertiary alicyclic amines) is 1. The van der Waals surface area contributed by atoms with E-state index in [4.69, 9.17) is 4.52 Å². The lowest BCUT2D eigenvalue weighted by Crippen LogP contribution is -2.27. The maximum absolute atomic E-state index is 12.2. The summed E-state index contributed by atoms with van der Waals surface area (Å²) in [5.41, 5.74) is 2.95. The number of hydrogen-bond acceptors (Lipinski definition) is 4. The molecule has 0 unspecified atom stereocenters. The first kappa shape index (κ1) is 15.3. The van der Waals surface area contributed by atoms with E-state index in [9.17, 15) is 9.59 Å². The first-order valence-electron chi connectivity index (χ1n) is 7.59. The summed E-state index contributed by atoms with van der Waals surface area (Å²) in [6.07, 6.45) is 0.227. The van der Waals surface area contributed by atoms with Crippen molar-refractivity contribution < 1.29 is 14.1 Å². The van der Waals surface area contributed by atoms with E-state index in [1.165, 1.54) is 5.56 Å². The van der Waals surface area contributed by atoms with Crippen molar-refractivity contribution in [3.63, 3.8) is 0 Å². The number of aryl methyl sites for hydroxylation is 2. The SMILES string of the molecule is Cc1ccc(CN2C[C@@H](C(=O)Nc3cc(C)no3)CC2=O)cc1. The Balaban J connectivity index is 1.60. The fourth-order valence-electron chi connectivity index (χ4n) is 2.66. The van der Waals surface area contributed by atoms with Crippen molar-refractivity contribution in [2.24, 2.45) is 5.92 Å². The second kappa shape index (κ2) is 6.24. The van der Waals surface area contributed by atoms with Gasteiger partial charge in [0, 0.05) is 25.6 Å². The van der Waals surface area contributed by atoms with Gasteiger partial charge in [-0.3, -0.25) is 14.9 Å². The third kappa shape index (κ3) is 3.59. The molecule has 3 rings (SSSR count). The maximum atomic E-state index is 12.2. The highest BCUT2D eigenvalue weighted by atomic mass is 16.5. The highest BCUT2D eigenvalue weighted by Gasteiger charge is 2.34. The molecule has 2 heterocycles. The molecule has 1 saturated heterocycles. The summed E-state index contributed by atoms with van der Waals surface area (Å²) in [6.45, 7) is 4.76. The summed E-state index contributed by atoms with van der Waals surface area (Å²) in [4.78, 5) is 26.1. The summed E-state index contributed by atoms with van der Waals surface area (Å²) in [7, 11) is 0. The van der Waals surface area contributed by atoms with Gasteiger partial charge in [-0.25, -0.2) is 0 Å². The van der Waals surface area contributed by atoms with Crippen LogP contribution in [-0.2, 0) is 16.1 Å². The molecule has 2 amide bonds. The first-order chi connectivity index (χ1) is 11.0. The predicted octanol–water partition coefficient (Wildman–Crippen LogP) is 2.28. The molecule has 0 spiro atoms. The van der Waals surface area contributed by atoms with E-state index in [0.717, 1.165) is 5.56 Å². The third-order valence-electron chi connectivity index (χ3n) is 3.95. The van der Waals surface area contributed by atoms with Crippen LogP contribution < -0.4 is 5.32 Å². The van der Waals surface area contributed by atoms with E-state index in [0.29, 0.717) is 24.7 Å².